The van der Waals surface area contributed by atoms with Crippen molar-refractivity contribution in [3.8, 4) is 5.75 Å². The summed E-state index contributed by atoms with van der Waals surface area (Å²) >= 11 is 0. The van der Waals surface area contributed by atoms with E-state index in [1.54, 1.807) is 7.11 Å². The highest BCUT2D eigenvalue weighted by atomic mass is 16.5. The molecule has 0 saturated heterocycles. The van der Waals surface area contributed by atoms with E-state index in [1.165, 1.54) is 18.4 Å². The molecule has 3 nitrogen and oxygen atoms in total. The molecule has 0 aliphatic heterocycles. The lowest BCUT2D eigenvalue weighted by Crippen LogP contribution is -2.31. The molecule has 106 valence electrons. The average molecular weight is 264 g/mol. The fraction of sp³-hybridized carbons (Fsp3) is 0.625. The highest BCUT2D eigenvalue weighted by molar-refractivity contribution is 5.27. The zero-order chi connectivity index (χ0) is 13.7. The molecule has 1 aliphatic carbocycles. The van der Waals surface area contributed by atoms with Crippen molar-refractivity contribution in [3.63, 3.8) is 0 Å². The van der Waals surface area contributed by atoms with Crippen molar-refractivity contribution in [2.24, 2.45) is 5.92 Å². The summed E-state index contributed by atoms with van der Waals surface area (Å²) in [5.41, 5.74) is 1.23. The summed E-state index contributed by atoms with van der Waals surface area (Å²) < 4.78 is 10.8. The van der Waals surface area contributed by atoms with Gasteiger partial charge in [-0.2, -0.15) is 0 Å². The van der Waals surface area contributed by atoms with E-state index in [1.807, 2.05) is 19.1 Å². The summed E-state index contributed by atoms with van der Waals surface area (Å²) in [5.74, 6) is 1.44. The van der Waals surface area contributed by atoms with Gasteiger partial charge in [0.1, 0.15) is 5.75 Å². The topological polar surface area (TPSA) is 38.7 Å². The molecular formula is C16H24O3. The highest BCUT2D eigenvalue weighted by Gasteiger charge is 2.36. The lowest BCUT2D eigenvalue weighted by molar-refractivity contribution is -0.0473. The Morgan fingerprint density at radius 1 is 1.26 bits per heavy atom. The predicted octanol–water partition coefficient (Wildman–Crippen LogP) is 2.80. The first-order valence-corrected chi connectivity index (χ1v) is 7.17. The Hall–Kier alpha value is -1.06. The number of benzene rings is 1. The molecule has 1 N–H and O–H groups in total. The van der Waals surface area contributed by atoms with Crippen molar-refractivity contribution < 1.29 is 14.6 Å². The monoisotopic (exact) mass is 264 g/mol. The predicted molar refractivity (Wildman–Crippen MR) is 75.5 cm³/mol. The van der Waals surface area contributed by atoms with Crippen LogP contribution in [0.3, 0.4) is 0 Å². The SMILES string of the molecule is CCOC(C(O)CCc1ccc(OC)cc1)C1CC1. The van der Waals surface area contributed by atoms with E-state index in [2.05, 4.69) is 12.1 Å². The molecular weight excluding hydrogens is 240 g/mol. The fourth-order valence-corrected chi connectivity index (χ4v) is 2.45. The first-order chi connectivity index (χ1) is 9.24. The van der Waals surface area contributed by atoms with Crippen molar-refractivity contribution in [3.05, 3.63) is 29.8 Å². The lowest BCUT2D eigenvalue weighted by atomic mass is 10.0. The van der Waals surface area contributed by atoms with E-state index >= 15 is 0 Å². The zero-order valence-electron chi connectivity index (χ0n) is 11.8. The zero-order valence-corrected chi connectivity index (χ0v) is 11.8. The van der Waals surface area contributed by atoms with Gasteiger partial charge in [0, 0.05) is 6.61 Å². The van der Waals surface area contributed by atoms with Crippen LogP contribution in [0.4, 0.5) is 0 Å². The third kappa shape index (κ3) is 4.22. The average Bonchev–Trinajstić information content (AvgIpc) is 3.27. The maximum Gasteiger partial charge on any atom is 0.118 e. The molecule has 1 aromatic carbocycles. The van der Waals surface area contributed by atoms with Gasteiger partial charge in [0.15, 0.2) is 0 Å². The van der Waals surface area contributed by atoms with Crippen LogP contribution in [0.1, 0.15) is 31.7 Å². The van der Waals surface area contributed by atoms with Gasteiger partial charge in [-0.15, -0.1) is 0 Å². The van der Waals surface area contributed by atoms with Crippen LogP contribution in [0.2, 0.25) is 0 Å². The largest absolute Gasteiger partial charge is 0.497 e. The Labute approximate surface area is 115 Å². The van der Waals surface area contributed by atoms with E-state index in [9.17, 15) is 5.11 Å². The maximum atomic E-state index is 10.3. The molecule has 1 saturated carbocycles. The molecule has 0 radical (unpaired) electrons. The van der Waals surface area contributed by atoms with E-state index in [4.69, 9.17) is 9.47 Å². The van der Waals surface area contributed by atoms with Crippen molar-refractivity contribution in [1.82, 2.24) is 0 Å². The van der Waals surface area contributed by atoms with Gasteiger partial charge in [0.25, 0.3) is 0 Å². The minimum atomic E-state index is -0.352. The Morgan fingerprint density at radius 3 is 2.47 bits per heavy atom. The number of hydrogen-bond donors (Lipinski definition) is 1. The molecule has 2 unspecified atom stereocenters. The number of aliphatic hydroxyl groups excluding tert-OH is 1. The van der Waals surface area contributed by atoms with E-state index in [-0.39, 0.29) is 12.2 Å². The third-order valence-electron chi connectivity index (χ3n) is 3.71. The first kappa shape index (κ1) is 14.4. The summed E-state index contributed by atoms with van der Waals surface area (Å²) in [7, 11) is 1.67. The second kappa shape index (κ2) is 6.92. The van der Waals surface area contributed by atoms with Crippen molar-refractivity contribution in [2.45, 2.75) is 44.8 Å². The molecule has 3 heteroatoms. The quantitative estimate of drug-likeness (QED) is 0.784. The van der Waals surface area contributed by atoms with Crippen LogP contribution in [0.5, 0.6) is 5.75 Å². The van der Waals surface area contributed by atoms with Crippen LogP contribution in [0, 0.1) is 5.92 Å². The number of rotatable bonds is 8. The Kier molecular flexibility index (Phi) is 5.23. The van der Waals surface area contributed by atoms with Gasteiger partial charge in [-0.05, 0) is 56.2 Å². The molecule has 1 aromatic rings. The molecule has 1 fully saturated rings. The van der Waals surface area contributed by atoms with Gasteiger partial charge in [0.2, 0.25) is 0 Å². The Morgan fingerprint density at radius 2 is 1.95 bits per heavy atom. The molecule has 0 amide bonds. The van der Waals surface area contributed by atoms with Gasteiger partial charge in [-0.3, -0.25) is 0 Å². The summed E-state index contributed by atoms with van der Waals surface area (Å²) in [6, 6.07) is 8.03. The highest BCUT2D eigenvalue weighted by Crippen LogP contribution is 2.36. The van der Waals surface area contributed by atoms with Gasteiger partial charge in [-0.1, -0.05) is 12.1 Å². The summed E-state index contributed by atoms with van der Waals surface area (Å²) in [4.78, 5) is 0. The summed E-state index contributed by atoms with van der Waals surface area (Å²) in [6.45, 7) is 2.67. The molecule has 2 atom stereocenters. The number of hydrogen-bond acceptors (Lipinski definition) is 3. The molecule has 0 spiro atoms. The van der Waals surface area contributed by atoms with Crippen LogP contribution in [-0.4, -0.2) is 31.0 Å². The molecule has 0 heterocycles. The van der Waals surface area contributed by atoms with Crippen molar-refractivity contribution in [2.75, 3.05) is 13.7 Å². The van der Waals surface area contributed by atoms with Crippen LogP contribution in [-0.2, 0) is 11.2 Å². The number of ether oxygens (including phenoxy) is 2. The summed E-state index contributed by atoms with van der Waals surface area (Å²) in [5, 5.41) is 10.3. The number of aliphatic hydroxyl groups is 1. The Bertz CT molecular complexity index is 370. The maximum absolute atomic E-state index is 10.3. The van der Waals surface area contributed by atoms with Gasteiger partial charge >= 0.3 is 0 Å². The number of methoxy groups -OCH3 is 1. The van der Waals surface area contributed by atoms with E-state index in [0.29, 0.717) is 12.5 Å². The fourth-order valence-electron chi connectivity index (χ4n) is 2.45. The van der Waals surface area contributed by atoms with Crippen LogP contribution in [0.25, 0.3) is 0 Å². The second-order valence-corrected chi connectivity index (χ2v) is 5.21. The second-order valence-electron chi connectivity index (χ2n) is 5.21. The molecule has 2 rings (SSSR count). The standard InChI is InChI=1S/C16H24O3/c1-3-19-16(13-7-8-13)15(17)11-6-12-4-9-14(18-2)10-5-12/h4-5,9-10,13,15-17H,3,6-8,11H2,1-2H3. The van der Waals surface area contributed by atoms with Gasteiger partial charge < -0.3 is 14.6 Å². The van der Waals surface area contributed by atoms with E-state index in [0.717, 1.165) is 18.6 Å². The molecule has 1 aliphatic rings. The molecule has 0 aromatic heterocycles. The smallest absolute Gasteiger partial charge is 0.118 e. The van der Waals surface area contributed by atoms with Crippen LogP contribution in [0.15, 0.2) is 24.3 Å². The first-order valence-electron chi connectivity index (χ1n) is 7.17. The Balaban J connectivity index is 1.82. The normalized spacial score (nSPS) is 18.1. The van der Waals surface area contributed by atoms with Crippen LogP contribution >= 0.6 is 0 Å². The van der Waals surface area contributed by atoms with Crippen LogP contribution < -0.4 is 4.74 Å². The molecule has 19 heavy (non-hydrogen) atoms. The van der Waals surface area contributed by atoms with Gasteiger partial charge in [0.05, 0.1) is 19.3 Å². The van der Waals surface area contributed by atoms with Crippen molar-refractivity contribution >= 4 is 0 Å². The van der Waals surface area contributed by atoms with Crippen molar-refractivity contribution in [1.29, 1.82) is 0 Å². The molecule has 0 bridgehead atoms. The summed E-state index contributed by atoms with van der Waals surface area (Å²) in [6.07, 6.45) is 3.71. The number of aryl methyl sites for hydroxylation is 1. The van der Waals surface area contributed by atoms with E-state index < -0.39 is 0 Å². The van der Waals surface area contributed by atoms with Gasteiger partial charge in [-0.25, -0.2) is 0 Å². The minimum absolute atomic E-state index is 0.0308. The third-order valence-corrected chi connectivity index (χ3v) is 3.71. The minimum Gasteiger partial charge on any atom is -0.497 e. The lowest BCUT2D eigenvalue weighted by Gasteiger charge is -2.22.